The van der Waals surface area contributed by atoms with Crippen molar-refractivity contribution in [2.45, 2.75) is 37.4 Å². The number of aryl methyl sites for hydroxylation is 3. The maximum Gasteiger partial charge on any atom is 0.317 e. The van der Waals surface area contributed by atoms with Crippen molar-refractivity contribution < 1.29 is 9.53 Å². The van der Waals surface area contributed by atoms with Gasteiger partial charge in [-0.15, -0.1) is 0 Å². The zero-order chi connectivity index (χ0) is 14.8. The number of carbonyl (C=O) groups excluding carboxylic acids is 1. The van der Waals surface area contributed by atoms with E-state index in [4.69, 9.17) is 39.5 Å². The second-order valence-corrected chi connectivity index (χ2v) is 6.89. The van der Waals surface area contributed by atoms with E-state index in [2.05, 4.69) is 0 Å². The Labute approximate surface area is 129 Å². The Balaban J connectivity index is 3.34. The van der Waals surface area contributed by atoms with Gasteiger partial charge in [0.2, 0.25) is 3.79 Å². The highest BCUT2D eigenvalue weighted by Gasteiger charge is 2.41. The standard InChI is InChI=1S/C14H17Cl3O2/c1-5-19-13(18)12(14(15,16)17)11-7-9(3)8(2)6-10(11)4/h6-7,12H,5H2,1-4H3/t12-/m0/s1. The molecule has 106 valence electrons. The minimum atomic E-state index is -1.74. The third-order valence-corrected chi connectivity index (χ3v) is 3.70. The first-order valence-corrected chi connectivity index (χ1v) is 7.13. The number of benzene rings is 1. The van der Waals surface area contributed by atoms with E-state index in [0.717, 1.165) is 16.7 Å². The van der Waals surface area contributed by atoms with Crippen molar-refractivity contribution in [1.82, 2.24) is 0 Å². The number of ether oxygens (including phenoxy) is 1. The summed E-state index contributed by atoms with van der Waals surface area (Å²) in [6, 6.07) is 3.86. The van der Waals surface area contributed by atoms with E-state index >= 15 is 0 Å². The van der Waals surface area contributed by atoms with Crippen LogP contribution in [0.4, 0.5) is 0 Å². The lowest BCUT2D eigenvalue weighted by Gasteiger charge is -2.25. The Morgan fingerprint density at radius 3 is 2.16 bits per heavy atom. The summed E-state index contributed by atoms with van der Waals surface area (Å²) >= 11 is 17.9. The van der Waals surface area contributed by atoms with Gasteiger partial charge in [0.05, 0.1) is 6.61 Å². The predicted molar refractivity (Wildman–Crippen MR) is 80.3 cm³/mol. The minimum absolute atomic E-state index is 0.250. The van der Waals surface area contributed by atoms with Gasteiger partial charge in [-0.05, 0) is 49.9 Å². The largest absolute Gasteiger partial charge is 0.465 e. The summed E-state index contributed by atoms with van der Waals surface area (Å²) < 4.78 is 3.28. The number of alkyl halides is 3. The highest BCUT2D eigenvalue weighted by atomic mass is 35.6. The van der Waals surface area contributed by atoms with E-state index in [1.165, 1.54) is 0 Å². The maximum atomic E-state index is 12.1. The molecule has 0 saturated heterocycles. The Bertz CT molecular complexity index is 478. The molecule has 19 heavy (non-hydrogen) atoms. The maximum absolute atomic E-state index is 12.1. The molecule has 1 aromatic rings. The van der Waals surface area contributed by atoms with Gasteiger partial charge >= 0.3 is 5.97 Å². The normalized spacial score (nSPS) is 13.2. The van der Waals surface area contributed by atoms with E-state index in [-0.39, 0.29) is 6.61 Å². The monoisotopic (exact) mass is 322 g/mol. The molecule has 1 aromatic carbocycles. The van der Waals surface area contributed by atoms with Crippen LogP contribution >= 0.6 is 34.8 Å². The van der Waals surface area contributed by atoms with Gasteiger partial charge in [-0.25, -0.2) is 0 Å². The topological polar surface area (TPSA) is 26.3 Å². The van der Waals surface area contributed by atoms with Gasteiger partial charge in [-0.3, -0.25) is 4.79 Å². The highest BCUT2D eigenvalue weighted by Crippen LogP contribution is 2.43. The summed E-state index contributed by atoms with van der Waals surface area (Å²) in [5.74, 6) is -1.44. The fraction of sp³-hybridized carbons (Fsp3) is 0.500. The van der Waals surface area contributed by atoms with Crippen molar-refractivity contribution in [2.75, 3.05) is 6.61 Å². The average Bonchev–Trinajstić information content (AvgIpc) is 2.24. The van der Waals surface area contributed by atoms with Crippen molar-refractivity contribution in [3.63, 3.8) is 0 Å². The number of hydrogen-bond acceptors (Lipinski definition) is 2. The molecule has 0 spiro atoms. The second-order valence-electron chi connectivity index (χ2n) is 4.52. The number of esters is 1. The molecule has 0 amide bonds. The first-order chi connectivity index (χ1) is 8.68. The van der Waals surface area contributed by atoms with Gasteiger partial charge in [0.1, 0.15) is 5.92 Å². The van der Waals surface area contributed by atoms with Crippen LogP contribution in [-0.2, 0) is 9.53 Å². The SMILES string of the molecule is CCOC(=O)[C@H](c1cc(C)c(C)cc1C)C(Cl)(Cl)Cl. The summed E-state index contributed by atoms with van der Waals surface area (Å²) in [6.07, 6.45) is 0. The smallest absolute Gasteiger partial charge is 0.317 e. The van der Waals surface area contributed by atoms with E-state index < -0.39 is 15.7 Å². The van der Waals surface area contributed by atoms with Gasteiger partial charge in [0.15, 0.2) is 0 Å². The second kappa shape index (κ2) is 6.34. The molecule has 0 fully saturated rings. The van der Waals surface area contributed by atoms with Crippen LogP contribution in [0.5, 0.6) is 0 Å². The molecule has 5 heteroatoms. The molecule has 0 aliphatic heterocycles. The lowest BCUT2D eigenvalue weighted by Crippen LogP contribution is -2.28. The van der Waals surface area contributed by atoms with Crippen molar-refractivity contribution >= 4 is 40.8 Å². The summed E-state index contributed by atoms with van der Waals surface area (Å²) in [4.78, 5) is 12.1. The number of rotatable bonds is 3. The molecule has 0 radical (unpaired) electrons. The summed E-state index contributed by atoms with van der Waals surface area (Å²) in [5, 5.41) is 0. The molecule has 0 aromatic heterocycles. The van der Waals surface area contributed by atoms with E-state index in [1.54, 1.807) is 6.92 Å². The molecule has 0 heterocycles. The molecular formula is C14H17Cl3O2. The van der Waals surface area contributed by atoms with E-state index in [1.807, 2.05) is 32.9 Å². The van der Waals surface area contributed by atoms with Gasteiger partial charge in [0, 0.05) is 0 Å². The molecule has 1 atom stereocenters. The molecule has 0 saturated carbocycles. The number of halogens is 3. The first kappa shape index (κ1) is 16.6. The van der Waals surface area contributed by atoms with Gasteiger partial charge in [0.25, 0.3) is 0 Å². The van der Waals surface area contributed by atoms with Crippen LogP contribution in [-0.4, -0.2) is 16.4 Å². The van der Waals surface area contributed by atoms with E-state index in [0.29, 0.717) is 5.56 Å². The van der Waals surface area contributed by atoms with Crippen molar-refractivity contribution in [1.29, 1.82) is 0 Å². The molecule has 0 bridgehead atoms. The molecule has 0 N–H and O–H groups in total. The van der Waals surface area contributed by atoms with Crippen molar-refractivity contribution in [2.24, 2.45) is 0 Å². The zero-order valence-electron chi connectivity index (χ0n) is 11.4. The Hall–Kier alpha value is -0.440. The average molecular weight is 324 g/mol. The van der Waals surface area contributed by atoms with E-state index in [9.17, 15) is 4.79 Å². The zero-order valence-corrected chi connectivity index (χ0v) is 13.7. The third kappa shape index (κ3) is 4.01. The van der Waals surface area contributed by atoms with Gasteiger partial charge in [-0.1, -0.05) is 46.9 Å². The van der Waals surface area contributed by atoms with Crippen molar-refractivity contribution in [3.05, 3.63) is 34.4 Å². The Morgan fingerprint density at radius 2 is 1.68 bits per heavy atom. The van der Waals surface area contributed by atoms with Crippen molar-refractivity contribution in [3.8, 4) is 0 Å². The fourth-order valence-electron chi connectivity index (χ4n) is 1.96. The van der Waals surface area contributed by atoms with Crippen LogP contribution in [0.2, 0.25) is 0 Å². The fourth-order valence-corrected chi connectivity index (χ4v) is 2.58. The summed E-state index contributed by atoms with van der Waals surface area (Å²) in [6.45, 7) is 7.82. The molecule has 0 unspecified atom stereocenters. The number of hydrogen-bond donors (Lipinski definition) is 0. The van der Waals surface area contributed by atoms with Crippen LogP contribution in [0.15, 0.2) is 12.1 Å². The number of carbonyl (C=O) groups is 1. The molecule has 2 nitrogen and oxygen atoms in total. The molecular weight excluding hydrogens is 307 g/mol. The lowest BCUT2D eigenvalue weighted by molar-refractivity contribution is -0.144. The van der Waals surface area contributed by atoms with Gasteiger partial charge < -0.3 is 4.74 Å². The van der Waals surface area contributed by atoms with Crippen LogP contribution in [0.25, 0.3) is 0 Å². The summed E-state index contributed by atoms with van der Waals surface area (Å²) in [7, 11) is 0. The first-order valence-electron chi connectivity index (χ1n) is 5.99. The van der Waals surface area contributed by atoms with Gasteiger partial charge in [-0.2, -0.15) is 0 Å². The van der Waals surface area contributed by atoms with Crippen LogP contribution in [0.3, 0.4) is 0 Å². The highest BCUT2D eigenvalue weighted by molar-refractivity contribution is 6.68. The van der Waals surface area contributed by atoms with Crippen LogP contribution in [0, 0.1) is 20.8 Å². The van der Waals surface area contributed by atoms with Crippen LogP contribution in [0.1, 0.15) is 35.1 Å². The Morgan fingerprint density at radius 1 is 1.16 bits per heavy atom. The minimum Gasteiger partial charge on any atom is -0.465 e. The summed E-state index contributed by atoms with van der Waals surface area (Å²) in [5.41, 5.74) is 3.78. The Kier molecular flexibility index (Phi) is 5.54. The van der Waals surface area contributed by atoms with Crippen LogP contribution < -0.4 is 0 Å². The predicted octanol–water partition coefficient (Wildman–Crippen LogP) is 4.63. The third-order valence-electron chi connectivity index (χ3n) is 3.04. The lowest BCUT2D eigenvalue weighted by atomic mass is 9.92. The quantitative estimate of drug-likeness (QED) is 0.599. The molecule has 0 aliphatic rings. The molecule has 0 aliphatic carbocycles. The molecule has 1 rings (SSSR count).